The first-order chi connectivity index (χ1) is 32.1. The quantitative estimate of drug-likeness (QED) is 0.0507. The zero-order chi connectivity index (χ0) is 45.3. The van der Waals surface area contributed by atoms with Crippen LogP contribution < -0.4 is 18.9 Å². The molecular weight excluding hydrogens is 823 g/mol. The SMILES string of the molecule is CCCCCCCCOc1c2cccc1Cc1cc([N+](=O)[O-])cc3c1OCCOCCOCCOCCOCCOc1c(cccc1Cc1cccc(c1OCCCCCCCC)C3)C2. The third-order valence-corrected chi connectivity index (χ3v) is 12.0. The van der Waals surface area contributed by atoms with Crippen molar-refractivity contribution in [1.29, 1.82) is 0 Å². The Morgan fingerprint density at radius 2 is 0.769 bits per heavy atom. The van der Waals surface area contributed by atoms with Crippen molar-refractivity contribution < 1.29 is 42.8 Å². The molecule has 6 rings (SSSR count). The predicted octanol–water partition coefficient (Wildman–Crippen LogP) is 11.6. The second-order valence-corrected chi connectivity index (χ2v) is 17.2. The third-order valence-electron chi connectivity index (χ3n) is 12.0. The van der Waals surface area contributed by atoms with Crippen molar-refractivity contribution >= 4 is 5.69 Å². The molecule has 0 aromatic heterocycles. The zero-order valence-electron chi connectivity index (χ0n) is 39.2. The van der Waals surface area contributed by atoms with E-state index in [2.05, 4.69) is 68.4 Å². The summed E-state index contributed by atoms with van der Waals surface area (Å²) in [5.74, 6) is 3.06. The fraction of sp³-hybridized carbons (Fsp3) is 0.556. The van der Waals surface area contributed by atoms with Crippen molar-refractivity contribution in [3.05, 3.63) is 121 Å². The summed E-state index contributed by atoms with van der Waals surface area (Å²) in [6.07, 6.45) is 15.6. The molecule has 2 aliphatic rings. The van der Waals surface area contributed by atoms with E-state index in [1.165, 1.54) is 51.4 Å². The van der Waals surface area contributed by atoms with Crippen molar-refractivity contribution in [3.8, 4) is 23.0 Å². The van der Waals surface area contributed by atoms with Crippen LogP contribution in [0.1, 0.15) is 135 Å². The van der Waals surface area contributed by atoms with E-state index in [1.807, 2.05) is 0 Å². The summed E-state index contributed by atoms with van der Waals surface area (Å²) < 4.78 is 50.5. The van der Waals surface area contributed by atoms with Gasteiger partial charge < -0.3 is 37.9 Å². The second-order valence-electron chi connectivity index (χ2n) is 17.2. The molecular formula is C54H73NO10. The lowest BCUT2D eigenvalue weighted by Crippen LogP contribution is -2.15. The molecule has 0 radical (unpaired) electrons. The van der Waals surface area contributed by atoms with Crippen molar-refractivity contribution in [2.75, 3.05) is 79.3 Å². The molecule has 11 nitrogen and oxygen atoms in total. The summed E-state index contributed by atoms with van der Waals surface area (Å²) in [6.45, 7) is 9.59. The summed E-state index contributed by atoms with van der Waals surface area (Å²) in [7, 11) is 0. The molecule has 1 heterocycles. The van der Waals surface area contributed by atoms with Crippen molar-refractivity contribution in [1.82, 2.24) is 0 Å². The molecule has 1 aliphatic heterocycles. The highest BCUT2D eigenvalue weighted by Gasteiger charge is 2.24. The Morgan fingerprint density at radius 3 is 1.15 bits per heavy atom. The molecule has 4 aromatic rings. The van der Waals surface area contributed by atoms with E-state index in [9.17, 15) is 10.1 Å². The Bertz CT molecular complexity index is 1920. The van der Waals surface area contributed by atoms with Gasteiger partial charge in [0.05, 0.1) is 71.0 Å². The fourth-order valence-electron chi connectivity index (χ4n) is 8.70. The normalized spacial score (nSPS) is 15.4. The van der Waals surface area contributed by atoms with Crippen molar-refractivity contribution in [2.45, 2.75) is 117 Å². The van der Waals surface area contributed by atoms with Gasteiger partial charge in [-0.1, -0.05) is 133 Å². The molecule has 0 N–H and O–H groups in total. The Kier molecular flexibility index (Phi) is 21.7. The third kappa shape index (κ3) is 16.0. The van der Waals surface area contributed by atoms with E-state index in [0.29, 0.717) is 115 Å². The van der Waals surface area contributed by atoms with E-state index in [4.69, 9.17) is 37.9 Å². The number of hydrogen-bond donors (Lipinski definition) is 0. The summed E-state index contributed by atoms with van der Waals surface area (Å²) in [6, 6.07) is 22.3. The van der Waals surface area contributed by atoms with Gasteiger partial charge in [0.15, 0.2) is 0 Å². The Balaban J connectivity index is 1.47. The lowest BCUT2D eigenvalue weighted by Gasteiger charge is -2.23. The van der Waals surface area contributed by atoms with Gasteiger partial charge in [-0.2, -0.15) is 0 Å². The minimum absolute atomic E-state index is 0.0157. The Morgan fingerprint density at radius 1 is 0.446 bits per heavy atom. The summed E-state index contributed by atoms with van der Waals surface area (Å²) in [5.41, 5.74) is 7.45. The molecule has 4 aromatic carbocycles. The average Bonchev–Trinajstić information content (AvgIpc) is 3.30. The van der Waals surface area contributed by atoms with Gasteiger partial charge in [0.1, 0.15) is 36.2 Å². The van der Waals surface area contributed by atoms with Gasteiger partial charge in [-0.3, -0.25) is 10.1 Å². The maximum absolute atomic E-state index is 12.7. The van der Waals surface area contributed by atoms with Crippen LogP contribution in [0.25, 0.3) is 0 Å². The number of ether oxygens (including phenoxy) is 8. The van der Waals surface area contributed by atoms with Crippen LogP contribution in [0.3, 0.4) is 0 Å². The lowest BCUT2D eigenvalue weighted by molar-refractivity contribution is -0.385. The lowest BCUT2D eigenvalue weighted by atomic mass is 9.91. The first kappa shape index (κ1) is 49.7. The van der Waals surface area contributed by atoms with Crippen LogP contribution in [0.5, 0.6) is 23.0 Å². The number of rotatable bonds is 17. The van der Waals surface area contributed by atoms with E-state index < -0.39 is 0 Å². The number of unbranched alkanes of at least 4 members (excludes halogenated alkanes) is 10. The number of non-ortho nitro benzene ring substituents is 1. The maximum Gasteiger partial charge on any atom is 0.270 e. The molecule has 0 amide bonds. The summed E-state index contributed by atoms with van der Waals surface area (Å²) in [4.78, 5) is 12.4. The standard InChI is InChI=1S/C54H73NO10/c1-3-5-7-9-11-13-24-62-51-42-18-16-22-46(51)38-48-40-50(55(56)57)41-49-39-47-23-17-19-43(52(47)63-25-14-12-10-8-6-4-2)37-45-21-15-20-44(36-42)53(45)64-34-32-60-30-28-58-26-27-59-29-31-61-33-35-65-54(48)49/h15-23,40-41H,3-14,24-39H2,1-2H3. The smallest absolute Gasteiger partial charge is 0.270 e. The number of nitro benzene ring substituents is 1. The van der Waals surface area contributed by atoms with Crippen LogP contribution in [-0.4, -0.2) is 84.2 Å². The molecule has 11 heteroatoms. The first-order valence-corrected chi connectivity index (χ1v) is 24.5. The van der Waals surface area contributed by atoms with E-state index in [-0.39, 0.29) is 17.2 Å². The molecule has 10 bridgehead atoms. The molecule has 0 unspecified atom stereocenters. The van der Waals surface area contributed by atoms with Crippen molar-refractivity contribution in [3.63, 3.8) is 0 Å². The minimum Gasteiger partial charge on any atom is -0.493 e. The Labute approximate surface area is 387 Å². The number of nitrogens with zero attached hydrogens (tertiary/aromatic N) is 1. The van der Waals surface area contributed by atoms with Gasteiger partial charge in [0, 0.05) is 48.9 Å². The van der Waals surface area contributed by atoms with Crippen LogP contribution in [-0.2, 0) is 44.6 Å². The van der Waals surface area contributed by atoms with Gasteiger partial charge >= 0.3 is 0 Å². The predicted molar refractivity (Wildman–Crippen MR) is 256 cm³/mol. The highest BCUT2D eigenvalue weighted by Crippen LogP contribution is 2.40. The van der Waals surface area contributed by atoms with Gasteiger partial charge in [0.25, 0.3) is 5.69 Å². The molecule has 0 spiro atoms. The number of benzene rings is 4. The van der Waals surface area contributed by atoms with E-state index in [1.54, 1.807) is 12.1 Å². The highest BCUT2D eigenvalue weighted by atomic mass is 16.6. The number of hydrogen-bond acceptors (Lipinski definition) is 10. The van der Waals surface area contributed by atoms with E-state index in [0.717, 1.165) is 76.3 Å². The first-order valence-electron chi connectivity index (χ1n) is 24.5. The molecule has 354 valence electrons. The maximum atomic E-state index is 12.7. The van der Waals surface area contributed by atoms with Crippen LogP contribution in [0.15, 0.2) is 66.7 Å². The zero-order valence-corrected chi connectivity index (χ0v) is 39.2. The van der Waals surface area contributed by atoms with Crippen LogP contribution in [0, 0.1) is 10.1 Å². The van der Waals surface area contributed by atoms with Crippen molar-refractivity contribution in [2.24, 2.45) is 0 Å². The average molecular weight is 896 g/mol. The highest BCUT2D eigenvalue weighted by molar-refractivity contribution is 5.58. The van der Waals surface area contributed by atoms with Gasteiger partial charge in [-0.15, -0.1) is 0 Å². The second kappa shape index (κ2) is 28.4. The number of nitro groups is 1. The van der Waals surface area contributed by atoms with Crippen LogP contribution >= 0.6 is 0 Å². The van der Waals surface area contributed by atoms with Gasteiger partial charge in [-0.25, -0.2) is 0 Å². The topological polar surface area (TPSA) is 117 Å². The molecule has 0 atom stereocenters. The number of fused-ring (bicyclic) bond motifs is 2. The Hall–Kier alpha value is -4.68. The molecule has 0 fully saturated rings. The minimum atomic E-state index is -0.303. The molecule has 1 aliphatic carbocycles. The fourth-order valence-corrected chi connectivity index (χ4v) is 8.70. The van der Waals surface area contributed by atoms with Crippen LogP contribution in [0.4, 0.5) is 5.69 Å². The van der Waals surface area contributed by atoms with Gasteiger partial charge in [-0.05, 0) is 46.2 Å². The summed E-state index contributed by atoms with van der Waals surface area (Å²) >= 11 is 0. The van der Waals surface area contributed by atoms with Gasteiger partial charge in [0.2, 0.25) is 0 Å². The summed E-state index contributed by atoms with van der Waals surface area (Å²) in [5, 5.41) is 12.7. The molecule has 0 saturated carbocycles. The molecule has 65 heavy (non-hydrogen) atoms. The molecule has 0 saturated heterocycles. The van der Waals surface area contributed by atoms with Crippen LogP contribution in [0.2, 0.25) is 0 Å². The number of para-hydroxylation sites is 3. The monoisotopic (exact) mass is 896 g/mol. The largest absolute Gasteiger partial charge is 0.493 e. The van der Waals surface area contributed by atoms with E-state index >= 15 is 0 Å².